The van der Waals surface area contributed by atoms with Gasteiger partial charge in [0.15, 0.2) is 0 Å². The van der Waals surface area contributed by atoms with Gasteiger partial charge < -0.3 is 10.4 Å². The van der Waals surface area contributed by atoms with Crippen molar-refractivity contribution in [1.82, 2.24) is 0 Å². The molecule has 2 nitrogen and oxygen atoms in total. The van der Waals surface area contributed by atoms with Crippen LogP contribution in [0.4, 0.5) is 5.69 Å². The number of halogens is 1. The normalized spacial score (nSPS) is 14.6. The van der Waals surface area contributed by atoms with Gasteiger partial charge in [-0.05, 0) is 37.1 Å². The monoisotopic (exact) mass is 241 g/mol. The Labute approximate surface area is 103 Å². The van der Waals surface area contributed by atoms with Gasteiger partial charge in [-0.25, -0.2) is 0 Å². The Morgan fingerprint density at radius 2 is 2.12 bits per heavy atom. The average molecular weight is 242 g/mol. The molecule has 1 aromatic carbocycles. The van der Waals surface area contributed by atoms with Gasteiger partial charge in [0.1, 0.15) is 0 Å². The van der Waals surface area contributed by atoms with Crippen molar-refractivity contribution >= 4 is 17.3 Å². The standard InChI is InChI=1S/C13H20ClNO/c1-4-13(3,9-16)8-15-12-6-5-11(14)7-10(12)2/h5-7,15-16H,4,8-9H2,1-3H3. The first kappa shape index (κ1) is 13.3. The van der Waals surface area contributed by atoms with Crippen LogP contribution in [0.2, 0.25) is 5.02 Å². The van der Waals surface area contributed by atoms with Gasteiger partial charge in [0, 0.05) is 22.7 Å². The molecular formula is C13H20ClNO. The number of aryl methyl sites for hydroxylation is 1. The lowest BCUT2D eigenvalue weighted by molar-refractivity contribution is 0.149. The average Bonchev–Trinajstić information content (AvgIpc) is 2.27. The number of aliphatic hydroxyl groups excluding tert-OH is 1. The second kappa shape index (κ2) is 5.55. The Morgan fingerprint density at radius 1 is 1.44 bits per heavy atom. The summed E-state index contributed by atoms with van der Waals surface area (Å²) in [5, 5.41) is 13.4. The molecule has 0 fully saturated rings. The SMILES string of the molecule is CCC(C)(CO)CNc1ccc(Cl)cc1C. The first-order valence-corrected chi connectivity index (χ1v) is 5.99. The molecule has 3 heteroatoms. The van der Waals surface area contributed by atoms with E-state index in [0.717, 1.165) is 29.2 Å². The highest BCUT2D eigenvalue weighted by molar-refractivity contribution is 6.30. The van der Waals surface area contributed by atoms with Crippen LogP contribution in [0.3, 0.4) is 0 Å². The van der Waals surface area contributed by atoms with Gasteiger partial charge in [0.2, 0.25) is 0 Å². The highest BCUT2D eigenvalue weighted by Crippen LogP contribution is 2.24. The molecule has 2 N–H and O–H groups in total. The van der Waals surface area contributed by atoms with E-state index < -0.39 is 0 Å². The minimum absolute atomic E-state index is 0.0634. The van der Waals surface area contributed by atoms with Gasteiger partial charge in [-0.1, -0.05) is 25.4 Å². The molecule has 1 atom stereocenters. The van der Waals surface area contributed by atoms with Gasteiger partial charge >= 0.3 is 0 Å². The van der Waals surface area contributed by atoms with Crippen LogP contribution in [0.15, 0.2) is 18.2 Å². The first-order valence-electron chi connectivity index (χ1n) is 5.61. The van der Waals surface area contributed by atoms with E-state index in [4.69, 9.17) is 11.6 Å². The van der Waals surface area contributed by atoms with Crippen molar-refractivity contribution in [3.8, 4) is 0 Å². The Balaban J connectivity index is 2.67. The zero-order valence-electron chi connectivity index (χ0n) is 10.2. The summed E-state index contributed by atoms with van der Waals surface area (Å²) >= 11 is 5.89. The Kier molecular flexibility index (Phi) is 4.63. The third-order valence-corrected chi connectivity index (χ3v) is 3.36. The maximum absolute atomic E-state index is 9.32. The summed E-state index contributed by atoms with van der Waals surface area (Å²) in [5.74, 6) is 0. The minimum atomic E-state index is -0.0634. The Morgan fingerprint density at radius 3 is 2.62 bits per heavy atom. The lowest BCUT2D eigenvalue weighted by Crippen LogP contribution is -2.29. The number of aliphatic hydroxyl groups is 1. The van der Waals surface area contributed by atoms with E-state index >= 15 is 0 Å². The van der Waals surface area contributed by atoms with Crippen molar-refractivity contribution in [2.24, 2.45) is 5.41 Å². The number of hydrogen-bond donors (Lipinski definition) is 2. The van der Waals surface area contributed by atoms with Crippen molar-refractivity contribution < 1.29 is 5.11 Å². The molecule has 1 aromatic rings. The summed E-state index contributed by atoms with van der Waals surface area (Å²) in [7, 11) is 0. The fraction of sp³-hybridized carbons (Fsp3) is 0.538. The fourth-order valence-electron chi connectivity index (χ4n) is 1.43. The largest absolute Gasteiger partial charge is 0.396 e. The maximum atomic E-state index is 9.32. The Bertz CT molecular complexity index is 348. The molecule has 0 aliphatic rings. The predicted octanol–water partition coefficient (Wildman–Crippen LogP) is 3.47. The molecule has 0 aliphatic carbocycles. The van der Waals surface area contributed by atoms with E-state index in [1.54, 1.807) is 0 Å². The van der Waals surface area contributed by atoms with E-state index in [-0.39, 0.29) is 12.0 Å². The third kappa shape index (κ3) is 3.39. The van der Waals surface area contributed by atoms with Gasteiger partial charge in [0.25, 0.3) is 0 Å². The fourth-order valence-corrected chi connectivity index (χ4v) is 1.65. The molecule has 1 unspecified atom stereocenters. The van der Waals surface area contributed by atoms with Crippen LogP contribution >= 0.6 is 11.6 Å². The van der Waals surface area contributed by atoms with E-state index in [2.05, 4.69) is 19.2 Å². The first-order chi connectivity index (χ1) is 7.50. The van der Waals surface area contributed by atoms with Crippen LogP contribution in [0.25, 0.3) is 0 Å². The molecule has 0 saturated carbocycles. The summed E-state index contributed by atoms with van der Waals surface area (Å²) in [6.45, 7) is 7.15. The highest BCUT2D eigenvalue weighted by Gasteiger charge is 2.20. The topological polar surface area (TPSA) is 32.3 Å². The quantitative estimate of drug-likeness (QED) is 0.828. The van der Waals surface area contributed by atoms with Crippen LogP contribution in [0.5, 0.6) is 0 Å². The summed E-state index contributed by atoms with van der Waals surface area (Å²) in [6.07, 6.45) is 0.948. The van der Waals surface area contributed by atoms with Gasteiger partial charge in [0.05, 0.1) is 6.61 Å². The van der Waals surface area contributed by atoms with Crippen molar-refractivity contribution in [2.75, 3.05) is 18.5 Å². The molecule has 0 heterocycles. The molecule has 1 rings (SSSR count). The smallest absolute Gasteiger partial charge is 0.0501 e. The molecule has 90 valence electrons. The lowest BCUT2D eigenvalue weighted by atomic mass is 9.88. The van der Waals surface area contributed by atoms with Crippen LogP contribution < -0.4 is 5.32 Å². The van der Waals surface area contributed by atoms with E-state index in [0.29, 0.717) is 0 Å². The zero-order valence-corrected chi connectivity index (χ0v) is 10.9. The highest BCUT2D eigenvalue weighted by atomic mass is 35.5. The number of benzene rings is 1. The molecule has 0 aromatic heterocycles. The molecule has 0 amide bonds. The molecule has 0 radical (unpaired) electrons. The molecule has 0 spiro atoms. The predicted molar refractivity (Wildman–Crippen MR) is 70.2 cm³/mol. The van der Waals surface area contributed by atoms with E-state index in [9.17, 15) is 5.11 Å². The van der Waals surface area contributed by atoms with E-state index in [1.807, 2.05) is 25.1 Å². The van der Waals surface area contributed by atoms with Crippen LogP contribution in [-0.4, -0.2) is 18.3 Å². The minimum Gasteiger partial charge on any atom is -0.396 e. The van der Waals surface area contributed by atoms with Crippen molar-refractivity contribution in [2.45, 2.75) is 27.2 Å². The summed E-state index contributed by atoms with van der Waals surface area (Å²) < 4.78 is 0. The Hall–Kier alpha value is -0.730. The van der Waals surface area contributed by atoms with Crippen LogP contribution in [0.1, 0.15) is 25.8 Å². The van der Waals surface area contributed by atoms with Crippen LogP contribution in [-0.2, 0) is 0 Å². The number of anilines is 1. The molecule has 0 saturated heterocycles. The second-order valence-corrected chi connectivity index (χ2v) is 5.07. The van der Waals surface area contributed by atoms with Crippen molar-refractivity contribution in [3.05, 3.63) is 28.8 Å². The summed E-state index contributed by atoms with van der Waals surface area (Å²) in [4.78, 5) is 0. The van der Waals surface area contributed by atoms with Gasteiger partial charge in [-0.15, -0.1) is 0 Å². The molecule has 0 bridgehead atoms. The maximum Gasteiger partial charge on any atom is 0.0501 e. The van der Waals surface area contributed by atoms with Gasteiger partial charge in [-0.2, -0.15) is 0 Å². The van der Waals surface area contributed by atoms with Crippen LogP contribution in [0, 0.1) is 12.3 Å². The van der Waals surface area contributed by atoms with Gasteiger partial charge in [-0.3, -0.25) is 0 Å². The third-order valence-electron chi connectivity index (χ3n) is 3.13. The molecular weight excluding hydrogens is 222 g/mol. The zero-order chi connectivity index (χ0) is 12.2. The number of hydrogen-bond acceptors (Lipinski definition) is 2. The summed E-state index contributed by atoms with van der Waals surface area (Å²) in [5.41, 5.74) is 2.15. The number of rotatable bonds is 5. The van der Waals surface area contributed by atoms with Crippen molar-refractivity contribution in [3.63, 3.8) is 0 Å². The second-order valence-electron chi connectivity index (χ2n) is 4.64. The molecule has 16 heavy (non-hydrogen) atoms. The molecule has 0 aliphatic heterocycles. The number of nitrogens with one attached hydrogen (secondary N) is 1. The van der Waals surface area contributed by atoms with Crippen molar-refractivity contribution in [1.29, 1.82) is 0 Å². The summed E-state index contributed by atoms with van der Waals surface area (Å²) in [6, 6.07) is 5.79. The lowest BCUT2D eigenvalue weighted by Gasteiger charge is -2.26. The van der Waals surface area contributed by atoms with E-state index in [1.165, 1.54) is 0 Å².